The normalized spacial score (nSPS) is 16.8. The van der Waals surface area contributed by atoms with Crippen LogP contribution in [0.3, 0.4) is 0 Å². The number of anilines is 1. The Hall–Kier alpha value is -2.39. The summed E-state index contributed by atoms with van der Waals surface area (Å²) in [5.74, 6) is -0.124. The van der Waals surface area contributed by atoms with Gasteiger partial charge in [-0.05, 0) is 39.7 Å². The average Bonchev–Trinajstić information content (AvgIpc) is 2.65. The van der Waals surface area contributed by atoms with Crippen molar-refractivity contribution < 1.29 is 17.9 Å². The lowest BCUT2D eigenvalue weighted by atomic mass is 10.1. The summed E-state index contributed by atoms with van der Waals surface area (Å²) < 4.78 is 35.1. The highest BCUT2D eigenvalue weighted by Crippen LogP contribution is 2.32. The largest absolute Gasteiger partial charge is 0.474 e. The molecular formula is C19H26N4O4S. The molecule has 0 aromatic carbocycles. The molecule has 1 aliphatic carbocycles. The van der Waals surface area contributed by atoms with Gasteiger partial charge in [-0.2, -0.15) is 13.1 Å². The molecule has 1 aromatic rings. The minimum absolute atomic E-state index is 0.146. The van der Waals surface area contributed by atoms with Crippen molar-refractivity contribution in [1.82, 2.24) is 15.0 Å². The number of rotatable bonds is 5. The number of hydrogen-bond acceptors (Lipinski definition) is 5. The van der Waals surface area contributed by atoms with Crippen LogP contribution in [-0.4, -0.2) is 44.5 Å². The van der Waals surface area contributed by atoms with Crippen LogP contribution in [0.5, 0.6) is 5.88 Å². The number of hydrogen-bond donors (Lipinski definition) is 2. The number of pyridine rings is 1. The van der Waals surface area contributed by atoms with Crippen molar-refractivity contribution in [2.24, 2.45) is 0 Å². The minimum atomic E-state index is -3.81. The van der Waals surface area contributed by atoms with E-state index in [1.807, 2.05) is 39.0 Å². The van der Waals surface area contributed by atoms with Crippen LogP contribution >= 0.6 is 0 Å². The number of amides is 1. The fraction of sp³-hybridized carbons (Fsp3) is 0.474. The monoisotopic (exact) mass is 406 g/mol. The second kappa shape index (κ2) is 7.92. The molecule has 0 unspecified atom stereocenters. The van der Waals surface area contributed by atoms with Crippen molar-refractivity contribution in [3.8, 4) is 5.88 Å². The molecule has 0 bridgehead atoms. The van der Waals surface area contributed by atoms with Gasteiger partial charge in [0.15, 0.2) is 0 Å². The van der Waals surface area contributed by atoms with Crippen LogP contribution in [0.25, 0.3) is 0 Å². The summed E-state index contributed by atoms with van der Waals surface area (Å²) >= 11 is 0. The number of allylic oxidation sites excluding steroid dienone is 3. The number of carbonyl (C=O) groups is 1. The van der Waals surface area contributed by atoms with E-state index in [0.29, 0.717) is 0 Å². The summed E-state index contributed by atoms with van der Waals surface area (Å²) in [5.41, 5.74) is 1.15. The third-order valence-corrected chi connectivity index (χ3v) is 5.73. The van der Waals surface area contributed by atoms with Gasteiger partial charge in [0.05, 0.1) is 12.1 Å². The van der Waals surface area contributed by atoms with Crippen molar-refractivity contribution in [3.05, 3.63) is 41.6 Å². The number of nitrogens with zero attached hydrogens (tertiary/aromatic N) is 2. The van der Waals surface area contributed by atoms with Gasteiger partial charge >= 0.3 is 10.2 Å². The quantitative estimate of drug-likeness (QED) is 0.778. The van der Waals surface area contributed by atoms with Gasteiger partial charge in [-0.3, -0.25) is 4.79 Å². The number of nitrogens with one attached hydrogen (secondary N) is 2. The molecule has 1 amide bonds. The van der Waals surface area contributed by atoms with E-state index < -0.39 is 15.7 Å². The molecule has 1 aromatic heterocycles. The number of fused-ring (bicyclic) bond motifs is 1. The Labute approximate surface area is 165 Å². The summed E-state index contributed by atoms with van der Waals surface area (Å²) in [6.07, 6.45) is 9.03. The molecule has 2 N–H and O–H groups in total. The van der Waals surface area contributed by atoms with Gasteiger partial charge < -0.3 is 10.1 Å². The Morgan fingerprint density at radius 3 is 2.82 bits per heavy atom. The second-order valence-corrected chi connectivity index (χ2v) is 9.47. The molecule has 0 spiro atoms. The molecule has 0 fully saturated rings. The molecule has 3 rings (SSSR count). The third kappa shape index (κ3) is 4.90. The number of carbonyl (C=O) groups excluding carboxylic acids is 1. The smallest absolute Gasteiger partial charge is 0.302 e. The third-order valence-electron chi connectivity index (χ3n) is 4.26. The van der Waals surface area contributed by atoms with Crippen LogP contribution in [-0.2, 0) is 10.2 Å². The van der Waals surface area contributed by atoms with Crippen molar-refractivity contribution in [1.29, 1.82) is 0 Å². The van der Waals surface area contributed by atoms with Gasteiger partial charge in [0.2, 0.25) is 5.88 Å². The molecule has 1 aliphatic heterocycles. The van der Waals surface area contributed by atoms with E-state index in [1.54, 1.807) is 0 Å². The highest BCUT2D eigenvalue weighted by atomic mass is 32.2. The first-order valence-electron chi connectivity index (χ1n) is 9.23. The molecule has 152 valence electrons. The fourth-order valence-electron chi connectivity index (χ4n) is 2.92. The zero-order valence-electron chi connectivity index (χ0n) is 16.4. The molecule has 28 heavy (non-hydrogen) atoms. The summed E-state index contributed by atoms with van der Waals surface area (Å²) in [6, 6.07) is 1.50. The Bertz CT molecular complexity index is 916. The van der Waals surface area contributed by atoms with Gasteiger partial charge in [-0.15, -0.1) is 0 Å². The van der Waals surface area contributed by atoms with E-state index >= 15 is 0 Å². The molecule has 8 nitrogen and oxygen atoms in total. The Kier molecular flexibility index (Phi) is 5.76. The summed E-state index contributed by atoms with van der Waals surface area (Å²) in [5, 5.41) is 2.85. The molecular weight excluding hydrogens is 380 g/mol. The number of aromatic nitrogens is 1. The van der Waals surface area contributed by atoms with Crippen LogP contribution in [0.15, 0.2) is 36.1 Å². The predicted octanol–water partition coefficient (Wildman–Crippen LogP) is 1.92. The van der Waals surface area contributed by atoms with Gasteiger partial charge in [0.25, 0.3) is 5.91 Å². The van der Waals surface area contributed by atoms with Crippen molar-refractivity contribution in [2.75, 3.05) is 24.0 Å². The van der Waals surface area contributed by atoms with E-state index in [1.165, 1.54) is 16.6 Å². The minimum Gasteiger partial charge on any atom is -0.474 e. The zero-order chi connectivity index (χ0) is 20.4. The van der Waals surface area contributed by atoms with Crippen molar-refractivity contribution >= 4 is 21.8 Å². The van der Waals surface area contributed by atoms with Gasteiger partial charge in [-0.25, -0.2) is 9.29 Å². The lowest BCUT2D eigenvalue weighted by molar-refractivity contribution is 0.0919. The van der Waals surface area contributed by atoms with E-state index in [-0.39, 0.29) is 42.7 Å². The number of ether oxygens (including phenoxy) is 1. The lowest BCUT2D eigenvalue weighted by Crippen LogP contribution is -2.46. The molecule has 2 aliphatic rings. The highest BCUT2D eigenvalue weighted by molar-refractivity contribution is 7.90. The van der Waals surface area contributed by atoms with Gasteiger partial charge in [-0.1, -0.05) is 23.8 Å². The Morgan fingerprint density at radius 1 is 1.36 bits per heavy atom. The van der Waals surface area contributed by atoms with Crippen LogP contribution < -0.4 is 19.1 Å². The van der Waals surface area contributed by atoms with E-state index in [2.05, 4.69) is 15.0 Å². The Balaban J connectivity index is 1.82. The van der Waals surface area contributed by atoms with Gasteiger partial charge in [0, 0.05) is 18.3 Å². The van der Waals surface area contributed by atoms with Crippen LogP contribution in [0.1, 0.15) is 44.0 Å². The molecule has 0 radical (unpaired) electrons. The maximum atomic E-state index is 12.9. The fourth-order valence-corrected chi connectivity index (χ4v) is 4.15. The van der Waals surface area contributed by atoms with E-state index in [9.17, 15) is 13.2 Å². The lowest BCUT2D eigenvalue weighted by Gasteiger charge is -2.30. The van der Waals surface area contributed by atoms with Crippen LogP contribution in [0.4, 0.5) is 5.69 Å². The maximum absolute atomic E-state index is 12.9. The molecule has 0 saturated heterocycles. The first-order valence-corrected chi connectivity index (χ1v) is 10.7. The van der Waals surface area contributed by atoms with Gasteiger partial charge in [0.1, 0.15) is 12.3 Å². The second-order valence-electron chi connectivity index (χ2n) is 7.79. The molecule has 9 heteroatoms. The maximum Gasteiger partial charge on any atom is 0.302 e. The van der Waals surface area contributed by atoms with Crippen LogP contribution in [0.2, 0.25) is 0 Å². The Morgan fingerprint density at radius 2 is 2.14 bits per heavy atom. The van der Waals surface area contributed by atoms with Crippen molar-refractivity contribution in [2.45, 2.75) is 39.2 Å². The van der Waals surface area contributed by atoms with E-state index in [0.717, 1.165) is 18.4 Å². The summed E-state index contributed by atoms with van der Waals surface area (Å²) in [4.78, 5) is 16.6. The molecule has 0 saturated carbocycles. The average molecular weight is 407 g/mol. The topological polar surface area (TPSA) is 101 Å². The standard InChI is InChI=1S/C19H26N4O4S/c1-19(2,3)22-17(24)15-11-16-18(20-13-15)27-10-9-23(16)28(25,26)21-12-14-7-5-4-6-8-14/h4-5,7,11,13,21H,6,8-10,12H2,1-3H3,(H,22,24). The van der Waals surface area contributed by atoms with Crippen LogP contribution in [0, 0.1) is 0 Å². The SMILES string of the molecule is CC(C)(C)NC(=O)c1cnc2c(c1)N(S(=O)(=O)NCC1=CC=CCC1)CCO2. The zero-order valence-corrected chi connectivity index (χ0v) is 17.2. The highest BCUT2D eigenvalue weighted by Gasteiger charge is 2.30. The molecule has 2 heterocycles. The predicted molar refractivity (Wildman–Crippen MR) is 108 cm³/mol. The summed E-state index contributed by atoms with van der Waals surface area (Å²) in [7, 11) is -3.81. The molecule has 0 atom stereocenters. The first kappa shape index (κ1) is 20.3. The first-order chi connectivity index (χ1) is 13.2. The summed E-state index contributed by atoms with van der Waals surface area (Å²) in [6.45, 7) is 6.20. The van der Waals surface area contributed by atoms with E-state index in [4.69, 9.17) is 4.74 Å². The van der Waals surface area contributed by atoms with Crippen molar-refractivity contribution in [3.63, 3.8) is 0 Å².